The zero-order valence-electron chi connectivity index (χ0n) is 17.9. The molecule has 0 aliphatic carbocycles. The number of allylic oxidation sites excluding steroid dienone is 1. The van der Waals surface area contributed by atoms with Crippen LogP contribution in [0.2, 0.25) is 0 Å². The van der Waals surface area contributed by atoms with E-state index in [0.29, 0.717) is 12.5 Å². The van der Waals surface area contributed by atoms with Gasteiger partial charge in [-0.2, -0.15) is 36.4 Å². The Morgan fingerprint density at radius 1 is 1.00 bits per heavy atom. The molecule has 2 heteroatoms. The highest BCUT2D eigenvalue weighted by atomic mass is 16.5. The number of ether oxygens (including phenoxy) is 1. The molecule has 2 unspecified atom stereocenters. The molecule has 3 aromatic rings. The largest absolute Gasteiger partial charge is 0.489 e. The van der Waals surface area contributed by atoms with E-state index in [-0.39, 0.29) is 6.04 Å². The minimum atomic E-state index is 0.279. The van der Waals surface area contributed by atoms with Gasteiger partial charge in [0.05, 0.1) is 0 Å². The zero-order valence-corrected chi connectivity index (χ0v) is 17.9. The van der Waals surface area contributed by atoms with Gasteiger partial charge in [-0.25, -0.2) is 0 Å². The van der Waals surface area contributed by atoms with Crippen molar-refractivity contribution in [2.45, 2.75) is 39.8 Å². The van der Waals surface area contributed by atoms with Gasteiger partial charge in [0, 0.05) is 11.5 Å². The molecule has 0 aromatic heterocycles. The second-order valence-corrected chi connectivity index (χ2v) is 7.54. The molecule has 0 saturated heterocycles. The van der Waals surface area contributed by atoms with E-state index in [1.165, 1.54) is 22.3 Å². The van der Waals surface area contributed by atoms with Gasteiger partial charge in [0.2, 0.25) is 0 Å². The number of rotatable bonds is 7. The molecule has 0 radical (unpaired) electrons. The van der Waals surface area contributed by atoms with Crippen molar-refractivity contribution in [1.82, 2.24) is 0 Å². The monoisotopic (exact) mass is 387 g/mol. The average molecular weight is 388 g/mol. The third kappa shape index (κ3) is 7.97. The highest BCUT2D eigenvalue weighted by Crippen LogP contribution is 2.23. The summed E-state index contributed by atoms with van der Waals surface area (Å²) in [6.45, 7) is 10.9. The van der Waals surface area contributed by atoms with Gasteiger partial charge in [-0.05, 0) is 50.1 Å². The Morgan fingerprint density at radius 3 is 2.10 bits per heavy atom. The molecule has 0 aliphatic heterocycles. The van der Waals surface area contributed by atoms with Crippen LogP contribution in [0.5, 0.6) is 5.75 Å². The summed E-state index contributed by atoms with van der Waals surface area (Å²) in [6, 6.07) is 27.6. The van der Waals surface area contributed by atoms with E-state index in [0.717, 1.165) is 12.2 Å². The summed E-state index contributed by atoms with van der Waals surface area (Å²) in [6.07, 6.45) is 2.95. The van der Waals surface area contributed by atoms with Crippen LogP contribution in [0.25, 0.3) is 0 Å². The lowest BCUT2D eigenvalue weighted by Gasteiger charge is -2.16. The molecule has 0 heterocycles. The molecule has 3 aromatic carbocycles. The molecule has 152 valence electrons. The second-order valence-electron chi connectivity index (χ2n) is 7.54. The lowest BCUT2D eigenvalue weighted by molar-refractivity contribution is -0.439. The maximum absolute atomic E-state index is 5.91. The van der Waals surface area contributed by atoms with Crippen LogP contribution in [-0.4, -0.2) is 0 Å². The quantitative estimate of drug-likeness (QED) is 0.400. The summed E-state index contributed by atoms with van der Waals surface area (Å²) in [5.74, 6) is 1.39. The number of quaternary nitrogens is 1. The van der Waals surface area contributed by atoms with Crippen molar-refractivity contribution in [3.63, 3.8) is 0 Å². The first-order valence-corrected chi connectivity index (χ1v) is 10.1. The van der Waals surface area contributed by atoms with Gasteiger partial charge in [-0.15, -0.1) is 6.58 Å². The number of hydrogen-bond acceptors (Lipinski definition) is 1. The standard InChI is InChI=1S/C21H27NO.C6H5/c1-5-6-17(4)21(22)19-7-9-20(10-8-19)23-14-18-12-15(2)11-16(3)13-18;1-2-4-6-5-3-1/h5,7-13,17,21H,1,6,14,22H2,2-4H3;1-5H/q;-1/p+1. The Hall–Kier alpha value is -2.84. The zero-order chi connectivity index (χ0) is 21.1. The first-order chi connectivity index (χ1) is 14.0. The molecule has 0 saturated carbocycles. The highest BCUT2D eigenvalue weighted by Gasteiger charge is 2.17. The Balaban J connectivity index is 0.000000426. The summed E-state index contributed by atoms with van der Waals surface area (Å²) in [5.41, 5.74) is 9.28. The Kier molecular flexibility index (Phi) is 9.20. The molecular formula is C27H33NO. The number of aryl methyl sites for hydroxylation is 2. The van der Waals surface area contributed by atoms with Crippen LogP contribution in [0.15, 0.2) is 85.5 Å². The smallest absolute Gasteiger partial charge is 0.119 e. The van der Waals surface area contributed by atoms with E-state index in [2.05, 4.69) is 69.5 Å². The summed E-state index contributed by atoms with van der Waals surface area (Å²) < 4.78 is 5.91. The third-order valence-corrected chi connectivity index (χ3v) is 4.83. The molecule has 2 nitrogen and oxygen atoms in total. The Labute approximate surface area is 176 Å². The minimum Gasteiger partial charge on any atom is -0.489 e. The topological polar surface area (TPSA) is 36.9 Å². The summed E-state index contributed by atoms with van der Waals surface area (Å²) >= 11 is 0. The van der Waals surface area contributed by atoms with Crippen LogP contribution in [-0.2, 0) is 6.61 Å². The minimum absolute atomic E-state index is 0.279. The molecule has 0 aliphatic rings. The predicted octanol–water partition coefficient (Wildman–Crippen LogP) is 5.86. The van der Waals surface area contributed by atoms with Crippen molar-refractivity contribution in [1.29, 1.82) is 0 Å². The van der Waals surface area contributed by atoms with E-state index >= 15 is 0 Å². The van der Waals surface area contributed by atoms with E-state index < -0.39 is 0 Å². The molecule has 0 amide bonds. The number of hydrogen-bond donors (Lipinski definition) is 1. The fraction of sp³-hybridized carbons (Fsp3) is 0.259. The van der Waals surface area contributed by atoms with E-state index in [1.54, 1.807) is 0 Å². The summed E-state index contributed by atoms with van der Waals surface area (Å²) in [4.78, 5) is 0. The van der Waals surface area contributed by atoms with Crippen molar-refractivity contribution in [2.24, 2.45) is 5.92 Å². The van der Waals surface area contributed by atoms with Gasteiger partial charge in [0.1, 0.15) is 18.4 Å². The lowest BCUT2D eigenvalue weighted by atomic mass is 9.93. The van der Waals surface area contributed by atoms with Crippen molar-refractivity contribution in [2.75, 3.05) is 0 Å². The average Bonchev–Trinajstić information content (AvgIpc) is 2.73. The SMILES string of the molecule is C=CCC(C)C([NH3+])c1ccc(OCc2cc(C)cc(C)c2)cc1.[c-]1ccccc1. The maximum Gasteiger partial charge on any atom is 0.119 e. The van der Waals surface area contributed by atoms with Crippen LogP contribution in [0.4, 0.5) is 0 Å². The van der Waals surface area contributed by atoms with E-state index in [4.69, 9.17) is 4.74 Å². The molecule has 29 heavy (non-hydrogen) atoms. The van der Waals surface area contributed by atoms with Crippen molar-refractivity contribution < 1.29 is 10.5 Å². The van der Waals surface area contributed by atoms with Crippen LogP contribution in [0.3, 0.4) is 0 Å². The van der Waals surface area contributed by atoms with Crippen molar-refractivity contribution in [3.05, 3.63) is 114 Å². The first-order valence-electron chi connectivity index (χ1n) is 10.1. The Bertz CT molecular complexity index is 809. The van der Waals surface area contributed by atoms with Crippen LogP contribution in [0, 0.1) is 25.8 Å². The van der Waals surface area contributed by atoms with Gasteiger partial charge < -0.3 is 10.5 Å². The van der Waals surface area contributed by atoms with Crippen LogP contribution >= 0.6 is 0 Å². The molecular weight excluding hydrogens is 354 g/mol. The fourth-order valence-electron chi connectivity index (χ4n) is 3.23. The molecule has 3 rings (SSSR count). The third-order valence-electron chi connectivity index (χ3n) is 4.83. The van der Waals surface area contributed by atoms with Gasteiger partial charge in [0.25, 0.3) is 0 Å². The fourth-order valence-corrected chi connectivity index (χ4v) is 3.23. The molecule has 2 atom stereocenters. The normalized spacial score (nSPS) is 12.3. The highest BCUT2D eigenvalue weighted by molar-refractivity contribution is 5.31. The van der Waals surface area contributed by atoms with Crippen LogP contribution < -0.4 is 10.5 Å². The van der Waals surface area contributed by atoms with Gasteiger partial charge in [-0.1, -0.05) is 42.3 Å². The predicted molar refractivity (Wildman–Crippen MR) is 122 cm³/mol. The van der Waals surface area contributed by atoms with Gasteiger partial charge in [0.15, 0.2) is 0 Å². The van der Waals surface area contributed by atoms with Crippen LogP contribution in [0.1, 0.15) is 41.6 Å². The van der Waals surface area contributed by atoms with Crippen molar-refractivity contribution >= 4 is 0 Å². The number of benzene rings is 3. The van der Waals surface area contributed by atoms with Gasteiger partial charge >= 0.3 is 0 Å². The summed E-state index contributed by atoms with van der Waals surface area (Å²) in [7, 11) is 0. The van der Waals surface area contributed by atoms with E-state index in [9.17, 15) is 0 Å². The van der Waals surface area contributed by atoms with Crippen molar-refractivity contribution in [3.8, 4) is 5.75 Å². The maximum atomic E-state index is 5.91. The summed E-state index contributed by atoms with van der Waals surface area (Å²) in [5, 5.41) is 0. The molecule has 0 bridgehead atoms. The lowest BCUT2D eigenvalue weighted by Crippen LogP contribution is -2.56. The molecule has 0 fully saturated rings. The first kappa shape index (κ1) is 22.4. The molecule has 3 N–H and O–H groups in total. The second kappa shape index (κ2) is 11.9. The molecule has 0 spiro atoms. The Morgan fingerprint density at radius 2 is 1.62 bits per heavy atom. The van der Waals surface area contributed by atoms with Gasteiger partial charge in [-0.3, -0.25) is 0 Å². The van der Waals surface area contributed by atoms with E-state index in [1.807, 2.05) is 48.5 Å².